The number of hydrogen-bond acceptors (Lipinski definition) is 8. The highest BCUT2D eigenvalue weighted by Gasteiger charge is 2.16. The van der Waals surface area contributed by atoms with Crippen LogP contribution < -0.4 is 14.2 Å². The first kappa shape index (κ1) is 30.2. The van der Waals surface area contributed by atoms with Crippen LogP contribution in [-0.2, 0) is 14.3 Å². The molecule has 0 heterocycles. The maximum Gasteiger partial charge on any atom is 0.384 e. The van der Waals surface area contributed by atoms with Gasteiger partial charge < -0.3 is 28.6 Å². The van der Waals surface area contributed by atoms with Gasteiger partial charge in [-0.15, -0.1) is 0 Å². The zero-order valence-electron chi connectivity index (χ0n) is 24.4. The smallest absolute Gasteiger partial charge is 0.384 e. The highest BCUT2D eigenvalue weighted by molar-refractivity contribution is 6.16. The van der Waals surface area contributed by atoms with Gasteiger partial charge in [0.05, 0.1) is 40.1 Å². The number of rotatable bonds is 12. The number of hydrogen-bond donors (Lipinski definition) is 0. The van der Waals surface area contributed by atoms with E-state index in [1.807, 2.05) is 55.6 Å². The van der Waals surface area contributed by atoms with E-state index in [1.54, 1.807) is 12.1 Å². The second kappa shape index (κ2) is 14.8. The SMILES string of the molecule is COc1cc(C#CC(=O)OCCCN(C)CCCOC(=O)c2c3ccccc3cc3ccccc23)cc(OC)c1OC. The molecule has 0 atom stereocenters. The fourth-order valence-corrected chi connectivity index (χ4v) is 4.73. The van der Waals surface area contributed by atoms with Crippen LogP contribution >= 0.6 is 0 Å². The average molecular weight is 570 g/mol. The van der Waals surface area contributed by atoms with Crippen LogP contribution in [-0.4, -0.2) is 71.5 Å². The quantitative estimate of drug-likeness (QED) is 0.0960. The Hall–Kier alpha value is -4.74. The molecule has 4 aromatic carbocycles. The van der Waals surface area contributed by atoms with E-state index in [4.69, 9.17) is 23.7 Å². The molecule has 0 aromatic heterocycles. The lowest BCUT2D eigenvalue weighted by Gasteiger charge is -2.16. The van der Waals surface area contributed by atoms with Gasteiger partial charge in [-0.1, -0.05) is 54.5 Å². The van der Waals surface area contributed by atoms with Gasteiger partial charge in [-0.2, -0.15) is 0 Å². The van der Waals surface area contributed by atoms with Crippen LogP contribution in [0.5, 0.6) is 17.2 Å². The van der Waals surface area contributed by atoms with Gasteiger partial charge in [-0.3, -0.25) is 0 Å². The molecule has 218 valence electrons. The van der Waals surface area contributed by atoms with Gasteiger partial charge in [-0.05, 0) is 59.6 Å². The van der Waals surface area contributed by atoms with Crippen molar-refractivity contribution in [3.63, 3.8) is 0 Å². The summed E-state index contributed by atoms with van der Waals surface area (Å²) >= 11 is 0. The van der Waals surface area contributed by atoms with E-state index >= 15 is 0 Å². The number of carbonyl (C=O) groups is 2. The molecule has 0 aliphatic heterocycles. The van der Waals surface area contributed by atoms with Crippen LogP contribution in [0.1, 0.15) is 28.8 Å². The first-order valence-electron chi connectivity index (χ1n) is 13.7. The molecule has 4 rings (SSSR count). The zero-order valence-corrected chi connectivity index (χ0v) is 24.4. The summed E-state index contributed by atoms with van der Waals surface area (Å²) in [6.07, 6.45) is 1.33. The van der Waals surface area contributed by atoms with Gasteiger partial charge in [0.15, 0.2) is 11.5 Å². The number of esters is 2. The Bertz CT molecular complexity index is 1540. The van der Waals surface area contributed by atoms with E-state index in [2.05, 4.69) is 22.8 Å². The molecule has 0 fully saturated rings. The lowest BCUT2D eigenvalue weighted by atomic mass is 9.97. The molecule has 0 aliphatic carbocycles. The number of ether oxygens (including phenoxy) is 5. The molecule has 0 unspecified atom stereocenters. The van der Waals surface area contributed by atoms with Gasteiger partial charge in [0, 0.05) is 24.6 Å². The molecular formula is C34H35NO7. The summed E-state index contributed by atoms with van der Waals surface area (Å²) in [4.78, 5) is 27.3. The van der Waals surface area contributed by atoms with Gasteiger partial charge in [0.2, 0.25) is 5.75 Å². The van der Waals surface area contributed by atoms with E-state index in [9.17, 15) is 9.59 Å². The van der Waals surface area contributed by atoms with Gasteiger partial charge >= 0.3 is 11.9 Å². The number of nitrogens with zero attached hydrogens (tertiary/aromatic N) is 1. The van der Waals surface area contributed by atoms with Crippen molar-refractivity contribution in [1.82, 2.24) is 4.90 Å². The van der Waals surface area contributed by atoms with Gasteiger partial charge in [0.25, 0.3) is 0 Å². The highest BCUT2D eigenvalue weighted by atomic mass is 16.5. The van der Waals surface area contributed by atoms with E-state index in [0.29, 0.717) is 47.8 Å². The standard InChI is InChI=1S/C34H35NO7/c1-35(17-9-19-41-31(36)16-15-24-21-29(38-2)33(40-4)30(22-24)39-3)18-10-20-42-34(37)32-27-13-7-5-11-25(27)23-26-12-6-8-14-28(26)32/h5-8,11-14,21-23H,9-10,17-20H2,1-4H3. The Labute approximate surface area is 246 Å². The Morgan fingerprint density at radius 2 is 1.29 bits per heavy atom. The Morgan fingerprint density at radius 1 is 0.738 bits per heavy atom. The van der Waals surface area contributed by atoms with Crippen molar-refractivity contribution >= 4 is 33.5 Å². The molecule has 0 saturated heterocycles. The summed E-state index contributed by atoms with van der Waals surface area (Å²) in [6.45, 7) is 2.01. The molecule has 42 heavy (non-hydrogen) atoms. The minimum Gasteiger partial charge on any atom is -0.493 e. The maximum absolute atomic E-state index is 13.1. The van der Waals surface area contributed by atoms with Crippen molar-refractivity contribution < 1.29 is 33.3 Å². The highest BCUT2D eigenvalue weighted by Crippen LogP contribution is 2.38. The predicted octanol–water partition coefficient (Wildman–Crippen LogP) is 5.48. The summed E-state index contributed by atoms with van der Waals surface area (Å²) in [5.74, 6) is 5.70. The summed E-state index contributed by atoms with van der Waals surface area (Å²) in [7, 11) is 6.52. The molecule has 0 radical (unpaired) electrons. The van der Waals surface area contributed by atoms with Crippen molar-refractivity contribution in [3.8, 4) is 29.1 Å². The number of benzene rings is 4. The fraction of sp³-hybridized carbons (Fsp3) is 0.294. The second-order valence-electron chi connectivity index (χ2n) is 9.64. The van der Waals surface area contributed by atoms with Crippen LogP contribution in [0.25, 0.3) is 21.5 Å². The average Bonchev–Trinajstić information content (AvgIpc) is 3.02. The van der Waals surface area contributed by atoms with Crippen LogP contribution in [0.3, 0.4) is 0 Å². The minimum absolute atomic E-state index is 0.246. The van der Waals surface area contributed by atoms with Crippen LogP contribution in [0.15, 0.2) is 66.7 Å². The van der Waals surface area contributed by atoms with E-state index in [-0.39, 0.29) is 12.6 Å². The third kappa shape index (κ3) is 7.50. The van der Waals surface area contributed by atoms with Crippen molar-refractivity contribution in [2.24, 2.45) is 0 Å². The molecular weight excluding hydrogens is 534 g/mol. The molecule has 0 amide bonds. The van der Waals surface area contributed by atoms with Crippen LogP contribution in [0.2, 0.25) is 0 Å². The van der Waals surface area contributed by atoms with Crippen molar-refractivity contribution in [1.29, 1.82) is 0 Å². The lowest BCUT2D eigenvalue weighted by molar-refractivity contribution is -0.136. The molecule has 0 saturated carbocycles. The molecule has 8 nitrogen and oxygen atoms in total. The summed E-state index contributed by atoms with van der Waals surface area (Å²) in [6, 6.07) is 21.1. The number of carbonyl (C=O) groups excluding carboxylic acids is 2. The topological polar surface area (TPSA) is 83.5 Å². The third-order valence-electron chi connectivity index (χ3n) is 6.78. The Balaban J connectivity index is 1.19. The molecule has 0 N–H and O–H groups in total. The zero-order chi connectivity index (χ0) is 29.9. The Kier molecular flexibility index (Phi) is 10.6. The maximum atomic E-state index is 13.1. The fourth-order valence-electron chi connectivity index (χ4n) is 4.73. The summed E-state index contributed by atoms with van der Waals surface area (Å²) in [5, 5.41) is 3.80. The first-order valence-corrected chi connectivity index (χ1v) is 13.7. The van der Waals surface area contributed by atoms with Crippen LogP contribution in [0, 0.1) is 11.8 Å². The van der Waals surface area contributed by atoms with Gasteiger partial charge in [0.1, 0.15) is 0 Å². The van der Waals surface area contributed by atoms with Gasteiger partial charge in [-0.25, -0.2) is 9.59 Å². The molecule has 0 aliphatic rings. The first-order chi connectivity index (χ1) is 20.4. The van der Waals surface area contributed by atoms with Crippen molar-refractivity contribution in [3.05, 3.63) is 77.9 Å². The van der Waals surface area contributed by atoms with Crippen molar-refractivity contribution in [2.45, 2.75) is 12.8 Å². The van der Waals surface area contributed by atoms with E-state index < -0.39 is 5.97 Å². The molecule has 8 heteroatoms. The van der Waals surface area contributed by atoms with Crippen molar-refractivity contribution in [2.75, 3.05) is 54.7 Å². The molecule has 4 aromatic rings. The summed E-state index contributed by atoms with van der Waals surface area (Å²) < 4.78 is 26.8. The summed E-state index contributed by atoms with van der Waals surface area (Å²) in [5.41, 5.74) is 1.14. The predicted molar refractivity (Wildman–Crippen MR) is 162 cm³/mol. The Morgan fingerprint density at radius 3 is 1.83 bits per heavy atom. The lowest BCUT2D eigenvalue weighted by Crippen LogP contribution is -2.23. The monoisotopic (exact) mass is 569 g/mol. The van der Waals surface area contributed by atoms with Crippen LogP contribution in [0.4, 0.5) is 0 Å². The van der Waals surface area contributed by atoms with E-state index in [1.165, 1.54) is 21.3 Å². The number of fused-ring (bicyclic) bond motifs is 2. The van der Waals surface area contributed by atoms with E-state index in [0.717, 1.165) is 34.6 Å². The molecule has 0 bridgehead atoms. The largest absolute Gasteiger partial charge is 0.493 e. The third-order valence-corrected chi connectivity index (χ3v) is 6.78. The second-order valence-corrected chi connectivity index (χ2v) is 9.64. The normalized spacial score (nSPS) is 10.7. The minimum atomic E-state index is -0.612. The number of methoxy groups -OCH3 is 3. The molecule has 0 spiro atoms.